The lowest BCUT2D eigenvalue weighted by Gasteiger charge is -2.36. The molecule has 110 valence electrons. The van der Waals surface area contributed by atoms with Crippen molar-refractivity contribution in [2.75, 3.05) is 19.6 Å². The molecule has 0 spiro atoms. The molecule has 0 aromatic heterocycles. The fourth-order valence-corrected chi connectivity index (χ4v) is 2.81. The Balaban J connectivity index is 1.81. The lowest BCUT2D eigenvalue weighted by atomic mass is 10.0. The average molecular weight is 288 g/mol. The summed E-state index contributed by atoms with van der Waals surface area (Å²) in [6, 6.07) is 14.2. The van der Waals surface area contributed by atoms with Gasteiger partial charge in [-0.1, -0.05) is 36.4 Å². The van der Waals surface area contributed by atoms with Crippen molar-refractivity contribution in [2.45, 2.75) is 12.6 Å². The number of nitrogens with one attached hydrogen (secondary N) is 1. The molecule has 0 radical (unpaired) electrons. The summed E-state index contributed by atoms with van der Waals surface area (Å²) in [5, 5.41) is 3.38. The fourth-order valence-electron chi connectivity index (χ4n) is 2.81. The largest absolute Gasteiger partial charge is 0.314 e. The highest BCUT2D eigenvalue weighted by Gasteiger charge is 2.24. The predicted octanol–water partition coefficient (Wildman–Crippen LogP) is 3.11. The molecule has 0 bridgehead atoms. The number of piperazine rings is 1. The van der Waals surface area contributed by atoms with Crippen LogP contribution < -0.4 is 5.32 Å². The van der Waals surface area contributed by atoms with Gasteiger partial charge in [0, 0.05) is 43.9 Å². The molecule has 1 aliphatic heterocycles. The van der Waals surface area contributed by atoms with Crippen molar-refractivity contribution in [3.8, 4) is 0 Å². The van der Waals surface area contributed by atoms with E-state index in [9.17, 15) is 8.78 Å². The Kier molecular flexibility index (Phi) is 4.27. The third-order valence-electron chi connectivity index (χ3n) is 3.93. The molecule has 2 aromatic rings. The number of benzene rings is 2. The number of hydrogen-bond donors (Lipinski definition) is 1. The van der Waals surface area contributed by atoms with Crippen LogP contribution in [0.15, 0.2) is 48.5 Å². The van der Waals surface area contributed by atoms with Crippen molar-refractivity contribution < 1.29 is 8.78 Å². The molecule has 1 heterocycles. The van der Waals surface area contributed by atoms with Gasteiger partial charge in [-0.2, -0.15) is 0 Å². The zero-order valence-electron chi connectivity index (χ0n) is 11.7. The van der Waals surface area contributed by atoms with Crippen molar-refractivity contribution in [1.82, 2.24) is 10.2 Å². The van der Waals surface area contributed by atoms with Crippen LogP contribution in [0.1, 0.15) is 17.2 Å². The highest BCUT2D eigenvalue weighted by molar-refractivity contribution is 5.22. The van der Waals surface area contributed by atoms with Crippen molar-refractivity contribution >= 4 is 0 Å². The average Bonchev–Trinajstić information content (AvgIpc) is 2.51. The van der Waals surface area contributed by atoms with Gasteiger partial charge in [0.05, 0.1) is 0 Å². The molecule has 1 N–H and O–H groups in total. The second-order valence-electron chi connectivity index (χ2n) is 5.34. The number of halogens is 2. The molecule has 1 aliphatic rings. The minimum atomic E-state index is -0.531. The van der Waals surface area contributed by atoms with Crippen molar-refractivity contribution in [3.05, 3.63) is 71.3 Å². The second-order valence-corrected chi connectivity index (χ2v) is 5.34. The minimum absolute atomic E-state index is 0.212. The molecule has 2 nitrogen and oxygen atoms in total. The van der Waals surface area contributed by atoms with Crippen LogP contribution in [-0.4, -0.2) is 24.5 Å². The minimum Gasteiger partial charge on any atom is -0.314 e. The first-order chi connectivity index (χ1) is 10.2. The summed E-state index contributed by atoms with van der Waals surface area (Å²) in [5.41, 5.74) is 1.76. The van der Waals surface area contributed by atoms with Gasteiger partial charge in [0.15, 0.2) is 0 Å². The first kappa shape index (κ1) is 14.2. The van der Waals surface area contributed by atoms with Crippen LogP contribution in [0, 0.1) is 11.6 Å². The van der Waals surface area contributed by atoms with E-state index in [0.29, 0.717) is 12.1 Å². The highest BCUT2D eigenvalue weighted by Crippen LogP contribution is 2.24. The van der Waals surface area contributed by atoms with Gasteiger partial charge in [-0.15, -0.1) is 0 Å². The van der Waals surface area contributed by atoms with Gasteiger partial charge in [0.25, 0.3) is 0 Å². The van der Waals surface area contributed by atoms with Gasteiger partial charge in [0.2, 0.25) is 0 Å². The maximum absolute atomic E-state index is 13.9. The zero-order chi connectivity index (χ0) is 14.7. The van der Waals surface area contributed by atoms with Crippen LogP contribution in [0.4, 0.5) is 8.78 Å². The summed E-state index contributed by atoms with van der Waals surface area (Å²) >= 11 is 0. The topological polar surface area (TPSA) is 15.3 Å². The maximum atomic E-state index is 13.9. The molecule has 1 saturated heterocycles. The molecule has 2 aromatic carbocycles. The van der Waals surface area contributed by atoms with E-state index in [-0.39, 0.29) is 6.04 Å². The molecule has 3 rings (SSSR count). The smallest absolute Gasteiger partial charge is 0.130 e. The third kappa shape index (κ3) is 3.28. The van der Waals surface area contributed by atoms with Gasteiger partial charge in [-0.25, -0.2) is 8.78 Å². The van der Waals surface area contributed by atoms with E-state index in [4.69, 9.17) is 0 Å². The lowest BCUT2D eigenvalue weighted by molar-refractivity contribution is 0.152. The van der Waals surface area contributed by atoms with E-state index < -0.39 is 11.6 Å². The molecule has 21 heavy (non-hydrogen) atoms. The molecular weight excluding hydrogens is 270 g/mol. The molecule has 1 atom stereocenters. The number of nitrogens with zero attached hydrogens (tertiary/aromatic N) is 1. The predicted molar refractivity (Wildman–Crippen MR) is 78.8 cm³/mol. The standard InChI is InChI=1S/C17H18F2N2/c18-15-7-6-14(16(19)10-15)12-21-9-8-20-11-17(21)13-4-2-1-3-5-13/h1-7,10,17,20H,8-9,11-12H2. The summed E-state index contributed by atoms with van der Waals surface area (Å²) in [6.45, 7) is 3.06. The van der Waals surface area contributed by atoms with E-state index in [2.05, 4.69) is 22.3 Å². The normalized spacial score (nSPS) is 19.6. The van der Waals surface area contributed by atoms with E-state index in [1.54, 1.807) is 0 Å². The van der Waals surface area contributed by atoms with Crippen molar-refractivity contribution in [1.29, 1.82) is 0 Å². The molecule has 0 saturated carbocycles. The summed E-state index contributed by atoms with van der Waals surface area (Å²) < 4.78 is 26.9. The van der Waals surface area contributed by atoms with Crippen LogP contribution in [0.3, 0.4) is 0 Å². The Labute approximate surface area is 123 Å². The Bertz CT molecular complexity index is 601. The van der Waals surface area contributed by atoms with E-state index in [1.807, 2.05) is 18.2 Å². The van der Waals surface area contributed by atoms with Gasteiger partial charge in [0.1, 0.15) is 11.6 Å². The Morgan fingerprint density at radius 1 is 1.10 bits per heavy atom. The summed E-state index contributed by atoms with van der Waals surface area (Å²) in [7, 11) is 0. The van der Waals surface area contributed by atoms with Crippen LogP contribution >= 0.6 is 0 Å². The number of rotatable bonds is 3. The second kappa shape index (κ2) is 6.33. The highest BCUT2D eigenvalue weighted by atomic mass is 19.1. The Hall–Kier alpha value is -1.78. The fraction of sp³-hybridized carbons (Fsp3) is 0.294. The van der Waals surface area contributed by atoms with Crippen LogP contribution in [0.5, 0.6) is 0 Å². The zero-order valence-corrected chi connectivity index (χ0v) is 11.7. The van der Waals surface area contributed by atoms with Gasteiger partial charge in [-0.05, 0) is 11.6 Å². The first-order valence-corrected chi connectivity index (χ1v) is 7.17. The first-order valence-electron chi connectivity index (χ1n) is 7.17. The summed E-state index contributed by atoms with van der Waals surface area (Å²) in [4.78, 5) is 2.24. The van der Waals surface area contributed by atoms with E-state index in [1.165, 1.54) is 17.7 Å². The van der Waals surface area contributed by atoms with Gasteiger partial charge >= 0.3 is 0 Å². The quantitative estimate of drug-likeness (QED) is 0.933. The maximum Gasteiger partial charge on any atom is 0.130 e. The van der Waals surface area contributed by atoms with Crippen LogP contribution in [-0.2, 0) is 6.54 Å². The summed E-state index contributed by atoms with van der Waals surface area (Å²) in [6.07, 6.45) is 0. The molecule has 0 aliphatic carbocycles. The molecule has 1 fully saturated rings. The summed E-state index contributed by atoms with van der Waals surface area (Å²) in [5.74, 6) is -1.00. The third-order valence-corrected chi connectivity index (χ3v) is 3.93. The number of hydrogen-bond acceptors (Lipinski definition) is 2. The molecule has 0 amide bonds. The van der Waals surface area contributed by atoms with E-state index in [0.717, 1.165) is 25.7 Å². The molecule has 1 unspecified atom stereocenters. The SMILES string of the molecule is Fc1ccc(CN2CCNCC2c2ccccc2)c(F)c1. The lowest BCUT2D eigenvalue weighted by Crippen LogP contribution is -2.45. The van der Waals surface area contributed by atoms with E-state index >= 15 is 0 Å². The molecule has 4 heteroatoms. The van der Waals surface area contributed by atoms with Crippen LogP contribution in [0.2, 0.25) is 0 Å². The van der Waals surface area contributed by atoms with Gasteiger partial charge in [-0.3, -0.25) is 4.90 Å². The Morgan fingerprint density at radius 2 is 1.90 bits per heavy atom. The molecular formula is C17H18F2N2. The van der Waals surface area contributed by atoms with Crippen molar-refractivity contribution in [3.63, 3.8) is 0 Å². The monoisotopic (exact) mass is 288 g/mol. The van der Waals surface area contributed by atoms with Crippen molar-refractivity contribution in [2.24, 2.45) is 0 Å². The van der Waals surface area contributed by atoms with Crippen LogP contribution in [0.25, 0.3) is 0 Å². The van der Waals surface area contributed by atoms with Gasteiger partial charge < -0.3 is 5.32 Å². The Morgan fingerprint density at radius 3 is 2.67 bits per heavy atom.